The second-order valence-electron chi connectivity index (χ2n) is 1.63. The molecular weight excluding hydrogens is 276 g/mol. The lowest BCUT2D eigenvalue weighted by Gasteiger charge is -1.86. The number of carbonyl (C=O) groups excluding carboxylic acids is 1. The van der Waals surface area contributed by atoms with E-state index in [0.29, 0.717) is 0 Å². The van der Waals surface area contributed by atoms with Crippen LogP contribution in [0.4, 0.5) is 0 Å². The fourth-order valence-electron chi connectivity index (χ4n) is 0. The van der Waals surface area contributed by atoms with Crippen LogP contribution in [0.3, 0.4) is 0 Å². The quantitative estimate of drug-likeness (QED) is 0.408. The summed E-state index contributed by atoms with van der Waals surface area (Å²) in [6, 6.07) is 0. The predicted octanol–water partition coefficient (Wildman–Crippen LogP) is 1.66. The molecule has 0 saturated carbocycles. The molecule has 0 radical (unpaired) electrons. The monoisotopic (exact) mass is 290 g/mol. The van der Waals surface area contributed by atoms with E-state index >= 15 is 0 Å². The maximum Gasteiger partial charge on any atom is 0.211 e. The lowest BCUT2D eigenvalue weighted by atomic mass is 10.6. The van der Waals surface area contributed by atoms with Crippen LogP contribution < -0.4 is 0 Å². The van der Waals surface area contributed by atoms with Gasteiger partial charge in [0.2, 0.25) is 4.69 Å². The van der Waals surface area contributed by atoms with Gasteiger partial charge in [0.1, 0.15) is 0 Å². The van der Waals surface area contributed by atoms with Gasteiger partial charge in [-0.05, 0) is 33.8 Å². The van der Waals surface area contributed by atoms with Gasteiger partial charge in [0, 0.05) is 0 Å². The molecule has 4 heteroatoms. The molecule has 0 aliphatic carbocycles. The van der Waals surface area contributed by atoms with Gasteiger partial charge in [-0.1, -0.05) is 36.2 Å². The standard InChI is InChI=1S/C3H4Br2O.C3H8.H4Si/c1-2(4)3(5)6;1-3-2;/h2H,1H3;3H2,1-2H3;1H4. The van der Waals surface area contributed by atoms with E-state index in [1.807, 2.05) is 0 Å². The summed E-state index contributed by atoms with van der Waals surface area (Å²) < 4.78 is -0.0116. The SMILES string of the molecule is CC(Br)C(=O)Br.CCC.[SiH4]. The summed E-state index contributed by atoms with van der Waals surface area (Å²) in [6.45, 7) is 6.01. The highest BCUT2D eigenvalue weighted by Gasteiger charge is 2.00. The van der Waals surface area contributed by atoms with Gasteiger partial charge in [-0.25, -0.2) is 0 Å². The average molecular weight is 292 g/mol. The minimum absolute atomic E-state index is 0. The van der Waals surface area contributed by atoms with E-state index in [2.05, 4.69) is 45.7 Å². The highest BCUT2D eigenvalue weighted by atomic mass is 79.9. The van der Waals surface area contributed by atoms with Crippen molar-refractivity contribution in [1.29, 1.82) is 0 Å². The zero-order valence-electron chi connectivity index (χ0n) is 5.95. The van der Waals surface area contributed by atoms with E-state index in [9.17, 15) is 4.79 Å². The third-order valence-electron chi connectivity index (χ3n) is 0.313. The number of hydrogen-bond donors (Lipinski definition) is 0. The molecule has 0 aliphatic rings. The number of rotatable bonds is 1. The molecule has 1 atom stereocenters. The zero-order chi connectivity index (χ0) is 7.86. The van der Waals surface area contributed by atoms with Crippen LogP contribution in [0.15, 0.2) is 0 Å². The van der Waals surface area contributed by atoms with E-state index < -0.39 is 0 Å². The molecule has 1 unspecified atom stereocenters. The van der Waals surface area contributed by atoms with Gasteiger partial charge < -0.3 is 0 Å². The average Bonchev–Trinajstić information content (AvgIpc) is 1.68. The largest absolute Gasteiger partial charge is 0.285 e. The smallest absolute Gasteiger partial charge is 0.211 e. The van der Waals surface area contributed by atoms with Gasteiger partial charge in [-0.2, -0.15) is 0 Å². The Labute approximate surface area is 84.2 Å². The van der Waals surface area contributed by atoms with Crippen molar-refractivity contribution < 1.29 is 4.79 Å². The zero-order valence-corrected chi connectivity index (χ0v) is 9.12. The molecule has 0 saturated heterocycles. The third kappa shape index (κ3) is 23.2. The van der Waals surface area contributed by atoms with Gasteiger partial charge in [0.25, 0.3) is 0 Å². The molecule has 0 spiro atoms. The summed E-state index contributed by atoms with van der Waals surface area (Å²) in [5.74, 6) is 0. The first-order valence-electron chi connectivity index (χ1n) is 2.89. The van der Waals surface area contributed by atoms with Gasteiger partial charge >= 0.3 is 0 Å². The van der Waals surface area contributed by atoms with Crippen molar-refractivity contribution in [3.05, 3.63) is 0 Å². The van der Waals surface area contributed by atoms with Gasteiger partial charge in [-0.15, -0.1) is 0 Å². The second kappa shape index (κ2) is 12.5. The van der Waals surface area contributed by atoms with Crippen molar-refractivity contribution in [2.24, 2.45) is 0 Å². The number of halogens is 2. The van der Waals surface area contributed by atoms with Crippen LogP contribution in [0.5, 0.6) is 0 Å². The Balaban J connectivity index is -0.000000107. The second-order valence-corrected chi connectivity index (χ2v) is 3.78. The van der Waals surface area contributed by atoms with Crippen LogP contribution in [-0.4, -0.2) is 20.5 Å². The fourth-order valence-corrected chi connectivity index (χ4v) is 0. The molecule has 0 aromatic rings. The molecule has 1 nitrogen and oxygen atoms in total. The van der Waals surface area contributed by atoms with Crippen molar-refractivity contribution in [3.8, 4) is 0 Å². The Hall–Kier alpha value is 0.847. The minimum atomic E-state index is -0.0579. The molecule has 0 aliphatic heterocycles. The maximum absolute atomic E-state index is 10.0. The van der Waals surface area contributed by atoms with Crippen LogP contribution in [0.2, 0.25) is 0 Å². The van der Waals surface area contributed by atoms with Crippen LogP contribution >= 0.6 is 31.9 Å². The first-order chi connectivity index (χ1) is 4.06. The van der Waals surface area contributed by atoms with Gasteiger partial charge in [-0.3, -0.25) is 4.79 Å². The molecule has 0 aromatic heterocycles. The molecule has 0 fully saturated rings. The van der Waals surface area contributed by atoms with E-state index in [0.717, 1.165) is 0 Å². The Morgan fingerprint density at radius 1 is 1.50 bits per heavy atom. The topological polar surface area (TPSA) is 17.1 Å². The van der Waals surface area contributed by atoms with Crippen molar-refractivity contribution in [3.63, 3.8) is 0 Å². The van der Waals surface area contributed by atoms with Crippen LogP contribution in [0.25, 0.3) is 0 Å². The van der Waals surface area contributed by atoms with Crippen molar-refractivity contribution >= 4 is 47.5 Å². The molecule has 0 heterocycles. The number of carbonyl (C=O) groups is 1. The lowest BCUT2D eigenvalue weighted by molar-refractivity contribution is -0.109. The molecule has 10 heavy (non-hydrogen) atoms. The highest BCUT2D eigenvalue weighted by Crippen LogP contribution is 2.02. The van der Waals surface area contributed by atoms with E-state index in [-0.39, 0.29) is 20.5 Å². The van der Waals surface area contributed by atoms with Crippen molar-refractivity contribution in [2.45, 2.75) is 32.0 Å². The van der Waals surface area contributed by atoms with E-state index in [4.69, 9.17) is 0 Å². The van der Waals surface area contributed by atoms with E-state index in [1.165, 1.54) is 6.42 Å². The first kappa shape index (κ1) is 17.1. The minimum Gasteiger partial charge on any atom is -0.285 e. The molecule has 0 aromatic carbocycles. The number of hydrogen-bond acceptors (Lipinski definition) is 1. The first-order valence-corrected chi connectivity index (χ1v) is 4.60. The van der Waals surface area contributed by atoms with Crippen LogP contribution in [0, 0.1) is 0 Å². The third-order valence-corrected chi connectivity index (χ3v) is 2.03. The summed E-state index contributed by atoms with van der Waals surface area (Å²) in [5.41, 5.74) is 0. The molecular formula is C6H16Br2OSi. The van der Waals surface area contributed by atoms with Crippen LogP contribution in [-0.2, 0) is 4.79 Å². The summed E-state index contributed by atoms with van der Waals surface area (Å²) in [4.78, 5) is 9.96. The molecule has 0 amide bonds. The maximum atomic E-state index is 10.0. The molecule has 64 valence electrons. The predicted molar refractivity (Wildman–Crippen MR) is 59.6 cm³/mol. The lowest BCUT2D eigenvalue weighted by Crippen LogP contribution is -1.97. The van der Waals surface area contributed by atoms with Gasteiger partial charge in [0.05, 0.1) is 4.83 Å². The van der Waals surface area contributed by atoms with Crippen molar-refractivity contribution in [1.82, 2.24) is 0 Å². The Morgan fingerprint density at radius 3 is 1.60 bits per heavy atom. The summed E-state index contributed by atoms with van der Waals surface area (Å²) in [6.07, 6.45) is 1.25. The van der Waals surface area contributed by atoms with E-state index in [1.54, 1.807) is 6.92 Å². The number of alkyl halides is 1. The summed E-state index contributed by atoms with van der Waals surface area (Å²) in [5, 5.41) is 0. The molecule has 0 rings (SSSR count). The highest BCUT2D eigenvalue weighted by molar-refractivity contribution is 9.20. The van der Waals surface area contributed by atoms with Crippen molar-refractivity contribution in [2.75, 3.05) is 0 Å². The Kier molecular flexibility index (Phi) is 21.4. The fraction of sp³-hybridized carbons (Fsp3) is 0.833. The summed E-state index contributed by atoms with van der Waals surface area (Å²) >= 11 is 5.80. The Bertz CT molecular complexity index is 76.1. The summed E-state index contributed by atoms with van der Waals surface area (Å²) in [7, 11) is 0. The molecule has 0 N–H and O–H groups in total. The van der Waals surface area contributed by atoms with Gasteiger partial charge in [0.15, 0.2) is 0 Å². The van der Waals surface area contributed by atoms with Crippen LogP contribution in [0.1, 0.15) is 27.2 Å². The Morgan fingerprint density at radius 2 is 1.60 bits per heavy atom. The molecule has 0 bridgehead atoms. The normalized spacial score (nSPS) is 10.1.